The molecule has 0 aromatic heterocycles. The smallest absolute Gasteiger partial charge is 0.312 e. The van der Waals surface area contributed by atoms with Gasteiger partial charge < -0.3 is 9.84 Å². The summed E-state index contributed by atoms with van der Waals surface area (Å²) in [6, 6.07) is 0. The number of carboxylic acid groups (broad SMARTS) is 1. The van der Waals surface area contributed by atoms with Crippen molar-refractivity contribution in [2.45, 2.75) is 47.5 Å². The highest BCUT2D eigenvalue weighted by molar-refractivity contribution is 5.75. The second-order valence-corrected chi connectivity index (χ2v) is 5.19. The molecule has 0 saturated heterocycles. The molecule has 0 spiro atoms. The summed E-state index contributed by atoms with van der Waals surface area (Å²) in [5, 5.41) is 9.45. The Bertz CT molecular complexity index is 211. The van der Waals surface area contributed by atoms with Crippen molar-refractivity contribution in [2.75, 3.05) is 13.2 Å². The molecule has 0 amide bonds. The summed E-state index contributed by atoms with van der Waals surface area (Å²) in [6.45, 7) is 11.0. The van der Waals surface area contributed by atoms with Gasteiger partial charge in [-0.1, -0.05) is 27.7 Å². The summed E-state index contributed by atoms with van der Waals surface area (Å²) >= 11 is 0. The lowest BCUT2D eigenvalue weighted by molar-refractivity contribution is -0.157. The molecule has 0 bridgehead atoms. The zero-order valence-corrected chi connectivity index (χ0v) is 11.2. The zero-order valence-electron chi connectivity index (χ0n) is 11.2. The maximum atomic E-state index is 11.5. The normalized spacial score (nSPS) is 15.4. The minimum Gasteiger partial charge on any atom is -0.481 e. The van der Waals surface area contributed by atoms with Gasteiger partial charge in [0.15, 0.2) is 0 Å². The van der Waals surface area contributed by atoms with E-state index in [-0.39, 0.29) is 5.92 Å². The molecule has 0 saturated carbocycles. The fraction of sp³-hybridized carbons (Fsp3) is 0.923. The number of hydrogen-bond acceptors (Lipinski definition) is 2. The van der Waals surface area contributed by atoms with E-state index < -0.39 is 11.4 Å². The van der Waals surface area contributed by atoms with Crippen molar-refractivity contribution in [1.82, 2.24) is 0 Å². The van der Waals surface area contributed by atoms with Gasteiger partial charge >= 0.3 is 5.97 Å². The van der Waals surface area contributed by atoms with Gasteiger partial charge in [-0.2, -0.15) is 0 Å². The Morgan fingerprint density at radius 3 is 2.19 bits per heavy atom. The molecule has 0 aromatic carbocycles. The van der Waals surface area contributed by atoms with E-state index in [1.807, 2.05) is 20.8 Å². The molecule has 1 unspecified atom stereocenters. The second-order valence-electron chi connectivity index (χ2n) is 5.19. The van der Waals surface area contributed by atoms with Gasteiger partial charge in [-0.25, -0.2) is 0 Å². The second kappa shape index (κ2) is 6.89. The quantitative estimate of drug-likeness (QED) is 0.696. The van der Waals surface area contributed by atoms with Crippen molar-refractivity contribution >= 4 is 5.97 Å². The van der Waals surface area contributed by atoms with Crippen molar-refractivity contribution in [3.8, 4) is 0 Å². The highest BCUT2D eigenvalue weighted by Crippen LogP contribution is 2.35. The van der Waals surface area contributed by atoms with Crippen LogP contribution in [0.25, 0.3) is 0 Å². The first-order valence-electron chi connectivity index (χ1n) is 6.18. The van der Waals surface area contributed by atoms with Crippen LogP contribution in [0.1, 0.15) is 47.5 Å². The van der Waals surface area contributed by atoms with Crippen LogP contribution in [0.2, 0.25) is 0 Å². The molecule has 1 N–H and O–H groups in total. The molecular weight excluding hydrogens is 204 g/mol. The van der Waals surface area contributed by atoms with Gasteiger partial charge in [0.25, 0.3) is 0 Å². The standard InChI is InChI=1S/C13H26O3/c1-6-16-9-13(11(4)5,12(14)15)8-7-10(2)3/h10-11H,6-9H2,1-5H3,(H,14,15). The minimum absolute atomic E-state index is 0.0929. The van der Waals surface area contributed by atoms with Crippen LogP contribution in [0.5, 0.6) is 0 Å². The third-order valence-electron chi connectivity index (χ3n) is 3.26. The molecular formula is C13H26O3. The van der Waals surface area contributed by atoms with Crippen LogP contribution in [0.4, 0.5) is 0 Å². The molecule has 96 valence electrons. The summed E-state index contributed by atoms with van der Waals surface area (Å²) in [6.07, 6.45) is 1.62. The molecule has 0 aromatic rings. The van der Waals surface area contributed by atoms with Crippen molar-refractivity contribution in [3.63, 3.8) is 0 Å². The average molecular weight is 230 g/mol. The van der Waals surface area contributed by atoms with Crippen LogP contribution in [-0.4, -0.2) is 24.3 Å². The number of hydrogen-bond donors (Lipinski definition) is 1. The first-order valence-corrected chi connectivity index (χ1v) is 6.18. The lowest BCUT2D eigenvalue weighted by Gasteiger charge is -2.33. The predicted molar refractivity (Wildman–Crippen MR) is 65.5 cm³/mol. The van der Waals surface area contributed by atoms with Gasteiger partial charge in [-0.05, 0) is 31.6 Å². The van der Waals surface area contributed by atoms with Gasteiger partial charge in [0.05, 0.1) is 12.0 Å². The lowest BCUT2D eigenvalue weighted by Crippen LogP contribution is -2.41. The molecule has 0 fully saturated rings. The third kappa shape index (κ3) is 4.12. The Balaban J connectivity index is 4.72. The molecule has 16 heavy (non-hydrogen) atoms. The van der Waals surface area contributed by atoms with E-state index in [1.165, 1.54) is 0 Å². The van der Waals surface area contributed by atoms with E-state index in [0.29, 0.717) is 25.6 Å². The Morgan fingerprint density at radius 1 is 1.31 bits per heavy atom. The summed E-state index contributed by atoms with van der Waals surface area (Å²) in [4.78, 5) is 11.5. The summed E-state index contributed by atoms with van der Waals surface area (Å²) in [7, 11) is 0. The predicted octanol–water partition coefficient (Wildman–Crippen LogP) is 3.19. The zero-order chi connectivity index (χ0) is 12.8. The van der Waals surface area contributed by atoms with Crippen molar-refractivity contribution in [3.05, 3.63) is 0 Å². The molecule has 3 nitrogen and oxygen atoms in total. The molecule has 3 heteroatoms. The third-order valence-corrected chi connectivity index (χ3v) is 3.26. The van der Waals surface area contributed by atoms with Crippen LogP contribution in [0.15, 0.2) is 0 Å². The lowest BCUT2D eigenvalue weighted by atomic mass is 9.73. The van der Waals surface area contributed by atoms with Crippen molar-refractivity contribution < 1.29 is 14.6 Å². The molecule has 1 atom stereocenters. The Hall–Kier alpha value is -0.570. The molecule has 0 heterocycles. The first-order chi connectivity index (χ1) is 7.36. The SMILES string of the molecule is CCOCC(CCC(C)C)(C(=O)O)C(C)C. The highest BCUT2D eigenvalue weighted by Gasteiger charge is 2.41. The van der Waals surface area contributed by atoms with Crippen molar-refractivity contribution in [2.24, 2.45) is 17.3 Å². The maximum absolute atomic E-state index is 11.5. The maximum Gasteiger partial charge on any atom is 0.312 e. The topological polar surface area (TPSA) is 46.5 Å². The summed E-state index contributed by atoms with van der Waals surface area (Å²) < 4.78 is 5.37. The van der Waals surface area contributed by atoms with Crippen molar-refractivity contribution in [1.29, 1.82) is 0 Å². The van der Waals surface area contributed by atoms with Gasteiger partial charge in [-0.15, -0.1) is 0 Å². The molecule has 0 aliphatic heterocycles. The molecule has 0 aliphatic rings. The van der Waals surface area contributed by atoms with E-state index in [4.69, 9.17) is 4.74 Å². The van der Waals surface area contributed by atoms with Gasteiger partial charge in [-0.3, -0.25) is 4.79 Å². The fourth-order valence-corrected chi connectivity index (χ4v) is 1.77. The van der Waals surface area contributed by atoms with E-state index in [1.54, 1.807) is 0 Å². The summed E-state index contributed by atoms with van der Waals surface area (Å²) in [5.74, 6) is -0.106. The first kappa shape index (κ1) is 15.4. The van der Waals surface area contributed by atoms with Gasteiger partial charge in [0.2, 0.25) is 0 Å². The van der Waals surface area contributed by atoms with Gasteiger partial charge in [0, 0.05) is 6.61 Å². The van der Waals surface area contributed by atoms with E-state index in [9.17, 15) is 9.90 Å². The number of aliphatic carboxylic acids is 1. The Morgan fingerprint density at radius 2 is 1.88 bits per heavy atom. The highest BCUT2D eigenvalue weighted by atomic mass is 16.5. The van der Waals surface area contributed by atoms with Gasteiger partial charge in [0.1, 0.15) is 0 Å². The number of ether oxygens (including phenoxy) is 1. The van der Waals surface area contributed by atoms with Crippen LogP contribution in [-0.2, 0) is 9.53 Å². The monoisotopic (exact) mass is 230 g/mol. The number of carboxylic acids is 1. The summed E-state index contributed by atoms with van der Waals surface area (Å²) in [5.41, 5.74) is -0.722. The van der Waals surface area contributed by atoms with E-state index in [2.05, 4.69) is 13.8 Å². The number of rotatable bonds is 8. The van der Waals surface area contributed by atoms with Crippen LogP contribution in [0, 0.1) is 17.3 Å². The minimum atomic E-state index is -0.725. The average Bonchev–Trinajstić information content (AvgIpc) is 2.17. The Labute approximate surface area is 99.2 Å². The van der Waals surface area contributed by atoms with Crippen LogP contribution >= 0.6 is 0 Å². The fourth-order valence-electron chi connectivity index (χ4n) is 1.77. The van der Waals surface area contributed by atoms with E-state index in [0.717, 1.165) is 6.42 Å². The van der Waals surface area contributed by atoms with Crippen LogP contribution < -0.4 is 0 Å². The van der Waals surface area contributed by atoms with E-state index >= 15 is 0 Å². The Kier molecular flexibility index (Phi) is 6.65. The molecule has 0 rings (SSSR count). The largest absolute Gasteiger partial charge is 0.481 e. The molecule has 0 aliphatic carbocycles. The van der Waals surface area contributed by atoms with Crippen LogP contribution in [0.3, 0.4) is 0 Å². The molecule has 0 radical (unpaired) electrons. The number of carbonyl (C=O) groups is 1.